The molecular weight excluding hydrogens is 332 g/mol. The summed E-state index contributed by atoms with van der Waals surface area (Å²) < 4.78 is 0. The number of hydrogen-bond donors (Lipinski definition) is 4. The van der Waals surface area contributed by atoms with Crippen molar-refractivity contribution in [3.8, 4) is 5.75 Å². The number of carboxylic acids is 1. The molecule has 3 aromatic rings. The third-order valence-corrected chi connectivity index (χ3v) is 4.03. The summed E-state index contributed by atoms with van der Waals surface area (Å²) >= 11 is 0. The predicted octanol–water partition coefficient (Wildman–Crippen LogP) is 2.70. The molecule has 6 heteroatoms. The number of rotatable bonds is 6. The van der Waals surface area contributed by atoms with E-state index in [1.54, 1.807) is 24.4 Å². The van der Waals surface area contributed by atoms with Crippen LogP contribution in [0.15, 0.2) is 60.8 Å². The largest absolute Gasteiger partial charge is 0.508 e. The number of aromatic amines is 1. The molecule has 0 fully saturated rings. The van der Waals surface area contributed by atoms with Gasteiger partial charge >= 0.3 is 5.97 Å². The Hall–Kier alpha value is -3.54. The van der Waals surface area contributed by atoms with E-state index in [-0.39, 0.29) is 12.2 Å². The molecule has 1 unspecified atom stereocenters. The Morgan fingerprint density at radius 1 is 1.12 bits per heavy atom. The van der Waals surface area contributed by atoms with Gasteiger partial charge in [-0.15, -0.1) is 0 Å². The van der Waals surface area contributed by atoms with E-state index in [0.717, 1.165) is 22.0 Å². The number of H-pyrrole nitrogens is 1. The first-order chi connectivity index (χ1) is 12.5. The number of phenolic OH excluding ortho intramolecular Hbond substituents is 1. The first-order valence-corrected chi connectivity index (χ1v) is 8.08. The van der Waals surface area contributed by atoms with E-state index < -0.39 is 17.9 Å². The van der Waals surface area contributed by atoms with Crippen LogP contribution in [0.1, 0.15) is 11.1 Å². The summed E-state index contributed by atoms with van der Waals surface area (Å²) in [6.07, 6.45) is 4.77. The molecule has 0 aliphatic rings. The predicted molar refractivity (Wildman–Crippen MR) is 98.7 cm³/mol. The van der Waals surface area contributed by atoms with Crippen LogP contribution < -0.4 is 5.32 Å². The van der Waals surface area contributed by atoms with Crippen LogP contribution in [-0.2, 0) is 16.0 Å². The number of benzene rings is 2. The number of aliphatic carboxylic acids is 1. The maximum absolute atomic E-state index is 12.1. The Labute approximate surface area is 149 Å². The van der Waals surface area contributed by atoms with Crippen molar-refractivity contribution in [1.29, 1.82) is 0 Å². The summed E-state index contributed by atoms with van der Waals surface area (Å²) in [6, 6.07) is 12.9. The van der Waals surface area contributed by atoms with Gasteiger partial charge in [0.15, 0.2) is 0 Å². The van der Waals surface area contributed by atoms with E-state index in [2.05, 4.69) is 10.3 Å². The SMILES string of the molecule is O=C(C=Cc1ccc(O)cc1)NC(Cc1c[nH]c2ccccc12)C(=O)O. The quantitative estimate of drug-likeness (QED) is 0.513. The third-order valence-electron chi connectivity index (χ3n) is 4.03. The number of nitrogens with one attached hydrogen (secondary N) is 2. The number of carboxylic acid groups (broad SMARTS) is 1. The Balaban J connectivity index is 1.69. The van der Waals surface area contributed by atoms with Crippen molar-refractivity contribution in [3.05, 3.63) is 71.9 Å². The molecule has 6 nitrogen and oxygen atoms in total. The minimum absolute atomic E-state index is 0.135. The van der Waals surface area contributed by atoms with Crippen LogP contribution in [0.2, 0.25) is 0 Å². The van der Waals surface area contributed by atoms with Crippen molar-refractivity contribution in [1.82, 2.24) is 10.3 Å². The Morgan fingerprint density at radius 2 is 1.85 bits per heavy atom. The van der Waals surface area contributed by atoms with E-state index in [1.807, 2.05) is 24.3 Å². The molecule has 26 heavy (non-hydrogen) atoms. The zero-order chi connectivity index (χ0) is 18.5. The fourth-order valence-corrected chi connectivity index (χ4v) is 2.70. The molecule has 1 aromatic heterocycles. The Kier molecular flexibility index (Phi) is 5.03. The molecule has 0 aliphatic heterocycles. The summed E-state index contributed by atoms with van der Waals surface area (Å²) in [7, 11) is 0. The van der Waals surface area contributed by atoms with Crippen LogP contribution >= 0.6 is 0 Å². The minimum Gasteiger partial charge on any atom is -0.508 e. The van der Waals surface area contributed by atoms with Crippen molar-refractivity contribution in [2.24, 2.45) is 0 Å². The van der Waals surface area contributed by atoms with Gasteiger partial charge in [-0.2, -0.15) is 0 Å². The number of carbonyl (C=O) groups excluding carboxylic acids is 1. The Bertz CT molecular complexity index is 957. The minimum atomic E-state index is -1.10. The van der Waals surface area contributed by atoms with Crippen molar-refractivity contribution >= 4 is 28.9 Å². The first kappa shape index (κ1) is 17.3. The summed E-state index contributed by atoms with van der Waals surface area (Å²) in [5.74, 6) is -1.46. The van der Waals surface area contributed by atoms with Gasteiger partial charge < -0.3 is 20.5 Å². The molecule has 0 radical (unpaired) electrons. The van der Waals surface area contributed by atoms with Crippen LogP contribution in [0.4, 0.5) is 0 Å². The van der Waals surface area contributed by atoms with E-state index in [0.29, 0.717) is 0 Å². The summed E-state index contributed by atoms with van der Waals surface area (Å²) in [5.41, 5.74) is 2.47. The van der Waals surface area contributed by atoms with Crippen LogP contribution in [0.5, 0.6) is 5.75 Å². The van der Waals surface area contributed by atoms with Crippen LogP contribution in [0, 0.1) is 0 Å². The molecule has 1 amide bonds. The topological polar surface area (TPSA) is 102 Å². The van der Waals surface area contributed by atoms with Gasteiger partial charge in [0.05, 0.1) is 0 Å². The lowest BCUT2D eigenvalue weighted by Gasteiger charge is -2.12. The van der Waals surface area contributed by atoms with Crippen molar-refractivity contribution in [2.75, 3.05) is 0 Å². The van der Waals surface area contributed by atoms with Gasteiger partial charge in [-0.25, -0.2) is 4.79 Å². The maximum Gasteiger partial charge on any atom is 0.326 e. The fraction of sp³-hybridized carbons (Fsp3) is 0.100. The second kappa shape index (κ2) is 7.57. The molecule has 1 heterocycles. The monoisotopic (exact) mass is 350 g/mol. The second-order valence-corrected chi connectivity index (χ2v) is 5.89. The van der Waals surface area contributed by atoms with Gasteiger partial charge in [0, 0.05) is 29.6 Å². The number of para-hydroxylation sites is 1. The highest BCUT2D eigenvalue weighted by molar-refractivity contribution is 5.94. The van der Waals surface area contributed by atoms with Crippen molar-refractivity contribution in [2.45, 2.75) is 12.5 Å². The number of fused-ring (bicyclic) bond motifs is 1. The smallest absolute Gasteiger partial charge is 0.326 e. The number of phenols is 1. The van der Waals surface area contributed by atoms with E-state index >= 15 is 0 Å². The highest BCUT2D eigenvalue weighted by atomic mass is 16.4. The molecule has 0 aliphatic carbocycles. The number of aromatic nitrogens is 1. The van der Waals surface area contributed by atoms with E-state index in [4.69, 9.17) is 0 Å². The normalized spacial score (nSPS) is 12.3. The maximum atomic E-state index is 12.1. The summed E-state index contributed by atoms with van der Waals surface area (Å²) in [5, 5.41) is 22.1. The van der Waals surface area contributed by atoms with Gasteiger partial charge in [0.25, 0.3) is 0 Å². The average molecular weight is 350 g/mol. The van der Waals surface area contributed by atoms with Gasteiger partial charge in [0.2, 0.25) is 5.91 Å². The van der Waals surface area contributed by atoms with Crippen molar-refractivity contribution < 1.29 is 19.8 Å². The fourth-order valence-electron chi connectivity index (χ4n) is 2.70. The van der Waals surface area contributed by atoms with E-state index in [9.17, 15) is 19.8 Å². The second-order valence-electron chi connectivity index (χ2n) is 5.89. The lowest BCUT2D eigenvalue weighted by Crippen LogP contribution is -2.41. The van der Waals surface area contributed by atoms with Gasteiger partial charge in [-0.3, -0.25) is 4.79 Å². The number of hydrogen-bond acceptors (Lipinski definition) is 3. The van der Waals surface area contributed by atoms with E-state index in [1.165, 1.54) is 18.2 Å². The molecule has 132 valence electrons. The molecule has 2 aromatic carbocycles. The average Bonchev–Trinajstić information content (AvgIpc) is 3.04. The molecular formula is C20H18N2O4. The number of carbonyl (C=O) groups is 2. The molecule has 1 atom stereocenters. The molecule has 0 spiro atoms. The number of amides is 1. The van der Waals surface area contributed by atoms with Gasteiger partial charge in [-0.05, 0) is 35.4 Å². The standard InChI is InChI=1S/C20H18N2O4/c23-15-8-5-13(6-9-15)7-10-19(24)22-18(20(25)26)11-14-12-21-17-4-2-1-3-16(14)17/h1-10,12,18,21,23H,11H2,(H,22,24)(H,25,26). The van der Waals surface area contributed by atoms with Crippen LogP contribution in [-0.4, -0.2) is 33.1 Å². The zero-order valence-corrected chi connectivity index (χ0v) is 13.8. The highest BCUT2D eigenvalue weighted by Gasteiger charge is 2.21. The van der Waals surface area contributed by atoms with Crippen LogP contribution in [0.25, 0.3) is 17.0 Å². The molecule has 3 rings (SSSR count). The molecule has 4 N–H and O–H groups in total. The first-order valence-electron chi connectivity index (χ1n) is 8.08. The lowest BCUT2D eigenvalue weighted by atomic mass is 10.0. The summed E-state index contributed by atoms with van der Waals surface area (Å²) in [4.78, 5) is 26.7. The van der Waals surface area contributed by atoms with Crippen LogP contribution in [0.3, 0.4) is 0 Å². The van der Waals surface area contributed by atoms with Gasteiger partial charge in [0.1, 0.15) is 11.8 Å². The third kappa shape index (κ3) is 4.10. The number of aromatic hydroxyl groups is 1. The molecule has 0 saturated carbocycles. The van der Waals surface area contributed by atoms with Gasteiger partial charge in [-0.1, -0.05) is 30.3 Å². The lowest BCUT2D eigenvalue weighted by molar-refractivity contribution is -0.141. The molecule has 0 saturated heterocycles. The molecule has 0 bridgehead atoms. The Morgan fingerprint density at radius 3 is 2.58 bits per heavy atom. The summed E-state index contributed by atoms with van der Waals surface area (Å²) in [6.45, 7) is 0. The zero-order valence-electron chi connectivity index (χ0n) is 13.8. The highest BCUT2D eigenvalue weighted by Crippen LogP contribution is 2.19. The van der Waals surface area contributed by atoms with Crippen molar-refractivity contribution in [3.63, 3.8) is 0 Å².